The Morgan fingerprint density at radius 2 is 1.55 bits per heavy atom. The Balaban J connectivity index is 2.00. The fourth-order valence-corrected chi connectivity index (χ4v) is 2.70. The molecule has 0 unspecified atom stereocenters. The van der Waals surface area contributed by atoms with E-state index in [4.69, 9.17) is 4.18 Å². The highest BCUT2D eigenvalue weighted by molar-refractivity contribution is 7.85. The number of nitrogens with one attached hydrogen (secondary N) is 1. The van der Waals surface area contributed by atoms with Crippen molar-refractivity contribution in [2.45, 2.75) is 32.7 Å². The smallest absolute Gasteiger partial charge is 0.371 e. The van der Waals surface area contributed by atoms with Gasteiger partial charge in [-0.2, -0.15) is 13.1 Å². The van der Waals surface area contributed by atoms with Gasteiger partial charge in [0.25, 0.3) is 0 Å². The average molecular weight is 319 g/mol. The van der Waals surface area contributed by atoms with Crippen LogP contribution in [0.25, 0.3) is 0 Å². The summed E-state index contributed by atoms with van der Waals surface area (Å²) >= 11 is 0. The number of benzene rings is 2. The van der Waals surface area contributed by atoms with Crippen molar-refractivity contribution in [3.8, 4) is 5.75 Å². The molecule has 4 nitrogen and oxygen atoms in total. The maximum absolute atomic E-state index is 11.9. The van der Waals surface area contributed by atoms with Gasteiger partial charge in [0, 0.05) is 6.54 Å². The minimum atomic E-state index is -3.83. The quantitative estimate of drug-likeness (QED) is 0.919. The van der Waals surface area contributed by atoms with E-state index in [0.29, 0.717) is 5.75 Å². The van der Waals surface area contributed by atoms with Crippen LogP contribution in [-0.4, -0.2) is 8.42 Å². The molecule has 1 N–H and O–H groups in total. The van der Waals surface area contributed by atoms with Gasteiger partial charge in [-0.15, -0.1) is 0 Å². The van der Waals surface area contributed by atoms with Gasteiger partial charge in [-0.1, -0.05) is 63.2 Å². The van der Waals surface area contributed by atoms with Gasteiger partial charge in [0.2, 0.25) is 0 Å². The zero-order valence-electron chi connectivity index (χ0n) is 13.0. The van der Waals surface area contributed by atoms with Crippen LogP contribution in [0.2, 0.25) is 0 Å². The highest BCUT2D eigenvalue weighted by atomic mass is 32.2. The minimum Gasteiger partial charge on any atom is -0.371 e. The Morgan fingerprint density at radius 1 is 0.955 bits per heavy atom. The first kappa shape index (κ1) is 16.5. The zero-order valence-corrected chi connectivity index (χ0v) is 13.9. The lowest BCUT2D eigenvalue weighted by Gasteiger charge is -2.19. The second-order valence-corrected chi connectivity index (χ2v) is 7.48. The van der Waals surface area contributed by atoms with E-state index in [-0.39, 0.29) is 12.0 Å². The van der Waals surface area contributed by atoms with E-state index in [0.717, 1.165) is 11.1 Å². The fraction of sp³-hybridized carbons (Fsp3) is 0.294. The van der Waals surface area contributed by atoms with Crippen LogP contribution in [-0.2, 0) is 22.3 Å². The van der Waals surface area contributed by atoms with Crippen LogP contribution in [0, 0.1) is 0 Å². The van der Waals surface area contributed by atoms with E-state index < -0.39 is 10.3 Å². The van der Waals surface area contributed by atoms with Gasteiger partial charge in [-0.05, 0) is 28.7 Å². The molecule has 2 rings (SSSR count). The first-order chi connectivity index (χ1) is 10.3. The van der Waals surface area contributed by atoms with E-state index in [2.05, 4.69) is 25.5 Å². The number of rotatable bonds is 5. The minimum absolute atomic E-state index is 0.0168. The van der Waals surface area contributed by atoms with E-state index in [9.17, 15) is 8.42 Å². The van der Waals surface area contributed by atoms with Gasteiger partial charge in [0.15, 0.2) is 0 Å². The highest BCUT2D eigenvalue weighted by Gasteiger charge is 2.15. The van der Waals surface area contributed by atoms with Gasteiger partial charge in [-0.3, -0.25) is 0 Å². The SMILES string of the molecule is CC(C)(C)c1ccc(OS(=O)(=O)NCc2ccccc2)cc1. The Labute approximate surface area is 132 Å². The average Bonchev–Trinajstić information content (AvgIpc) is 2.46. The molecule has 0 aliphatic heterocycles. The number of hydrogen-bond donors (Lipinski definition) is 1. The Kier molecular flexibility index (Phi) is 4.88. The molecule has 0 aliphatic carbocycles. The van der Waals surface area contributed by atoms with Crippen LogP contribution < -0.4 is 8.91 Å². The summed E-state index contributed by atoms with van der Waals surface area (Å²) in [7, 11) is -3.83. The van der Waals surface area contributed by atoms with Crippen LogP contribution >= 0.6 is 0 Å². The molecule has 2 aromatic rings. The molecule has 0 aromatic heterocycles. The molecule has 0 bridgehead atoms. The molecule has 22 heavy (non-hydrogen) atoms. The lowest BCUT2D eigenvalue weighted by Crippen LogP contribution is -2.27. The third-order valence-corrected chi connectivity index (χ3v) is 4.13. The van der Waals surface area contributed by atoms with Crippen molar-refractivity contribution in [2.75, 3.05) is 0 Å². The lowest BCUT2D eigenvalue weighted by molar-refractivity contribution is 0.470. The maximum atomic E-state index is 11.9. The fourth-order valence-electron chi connectivity index (χ4n) is 1.93. The van der Waals surface area contributed by atoms with Crippen molar-refractivity contribution in [2.24, 2.45) is 0 Å². The van der Waals surface area contributed by atoms with Crippen LogP contribution in [0.4, 0.5) is 0 Å². The van der Waals surface area contributed by atoms with Gasteiger partial charge in [-0.25, -0.2) is 0 Å². The molecule has 2 aromatic carbocycles. The highest BCUT2D eigenvalue weighted by Crippen LogP contribution is 2.24. The summed E-state index contributed by atoms with van der Waals surface area (Å²) in [6.45, 7) is 6.49. The molecule has 0 spiro atoms. The molecule has 0 heterocycles. The Bertz CT molecular complexity index is 702. The normalized spacial score (nSPS) is 12.1. The van der Waals surface area contributed by atoms with Crippen LogP contribution in [0.5, 0.6) is 5.75 Å². The predicted octanol–water partition coefficient (Wildman–Crippen LogP) is 3.40. The summed E-state index contributed by atoms with van der Waals surface area (Å²) in [4.78, 5) is 0. The van der Waals surface area contributed by atoms with E-state index in [1.807, 2.05) is 42.5 Å². The summed E-state index contributed by atoms with van der Waals surface area (Å²) in [6.07, 6.45) is 0. The van der Waals surface area contributed by atoms with Crippen molar-refractivity contribution in [3.05, 3.63) is 65.7 Å². The van der Waals surface area contributed by atoms with Crippen molar-refractivity contribution in [1.82, 2.24) is 4.72 Å². The second kappa shape index (κ2) is 6.50. The molecule has 0 aliphatic rings. The molecule has 5 heteroatoms. The molecule has 0 saturated carbocycles. The second-order valence-electron chi connectivity index (χ2n) is 6.12. The largest absolute Gasteiger partial charge is 0.382 e. The lowest BCUT2D eigenvalue weighted by atomic mass is 9.87. The Hall–Kier alpha value is -1.85. The topological polar surface area (TPSA) is 55.4 Å². The maximum Gasteiger partial charge on any atom is 0.382 e. The third kappa shape index (κ3) is 4.86. The molecule has 0 amide bonds. The van der Waals surface area contributed by atoms with Gasteiger partial charge in [0.05, 0.1) is 0 Å². The molecular weight excluding hydrogens is 298 g/mol. The summed E-state index contributed by atoms with van der Waals surface area (Å²) in [6, 6.07) is 16.4. The van der Waals surface area contributed by atoms with Crippen molar-refractivity contribution in [1.29, 1.82) is 0 Å². The Morgan fingerprint density at radius 3 is 2.09 bits per heavy atom. The standard InChI is InChI=1S/C17H21NO3S/c1-17(2,3)15-9-11-16(12-10-15)21-22(19,20)18-13-14-7-5-4-6-8-14/h4-12,18H,13H2,1-3H3. The van der Waals surface area contributed by atoms with Gasteiger partial charge >= 0.3 is 10.3 Å². The molecule has 0 atom stereocenters. The number of hydrogen-bond acceptors (Lipinski definition) is 3. The summed E-state index contributed by atoms with van der Waals surface area (Å²) in [5.41, 5.74) is 2.01. The van der Waals surface area contributed by atoms with E-state index in [1.54, 1.807) is 12.1 Å². The molecule has 0 fully saturated rings. The summed E-state index contributed by atoms with van der Waals surface area (Å²) < 4.78 is 31.3. The van der Waals surface area contributed by atoms with Crippen LogP contribution in [0.3, 0.4) is 0 Å². The monoisotopic (exact) mass is 319 g/mol. The first-order valence-electron chi connectivity index (χ1n) is 7.10. The third-order valence-electron chi connectivity index (χ3n) is 3.22. The van der Waals surface area contributed by atoms with E-state index >= 15 is 0 Å². The zero-order chi connectivity index (χ0) is 16.2. The van der Waals surface area contributed by atoms with Crippen molar-refractivity contribution in [3.63, 3.8) is 0 Å². The molecule has 0 saturated heterocycles. The van der Waals surface area contributed by atoms with Crippen LogP contribution in [0.1, 0.15) is 31.9 Å². The van der Waals surface area contributed by atoms with Crippen molar-refractivity contribution >= 4 is 10.3 Å². The molecule has 0 radical (unpaired) electrons. The van der Waals surface area contributed by atoms with Crippen LogP contribution in [0.15, 0.2) is 54.6 Å². The summed E-state index contributed by atoms with van der Waals surface area (Å²) in [5, 5.41) is 0. The van der Waals surface area contributed by atoms with Crippen molar-refractivity contribution < 1.29 is 12.6 Å². The van der Waals surface area contributed by atoms with Gasteiger partial charge in [0.1, 0.15) is 5.75 Å². The summed E-state index contributed by atoms with van der Waals surface area (Å²) in [5.74, 6) is 0.300. The molecule has 118 valence electrons. The molecular formula is C17H21NO3S. The predicted molar refractivity (Wildman–Crippen MR) is 88.0 cm³/mol. The first-order valence-corrected chi connectivity index (χ1v) is 8.51. The van der Waals surface area contributed by atoms with Gasteiger partial charge < -0.3 is 4.18 Å². The van der Waals surface area contributed by atoms with E-state index in [1.165, 1.54) is 0 Å².